The van der Waals surface area contributed by atoms with Gasteiger partial charge in [0.05, 0.1) is 15.7 Å². The van der Waals surface area contributed by atoms with Crippen molar-refractivity contribution in [1.29, 1.82) is 0 Å². The van der Waals surface area contributed by atoms with E-state index in [1.54, 1.807) is 25.1 Å². The minimum atomic E-state index is -0.994. The second-order valence-electron chi connectivity index (χ2n) is 5.62. The standard InChI is InChI=1S/C17H13F2N5O3S/c1-9(16(25)20-10-6-7-13(19)14(8-10)24(26)27)28-17-21-15(22-23-17)11-4-2-3-5-12(11)18/h2-9H,1H3,(H,20,25)(H,21,22,23). The number of anilines is 1. The third-order valence-electron chi connectivity index (χ3n) is 3.66. The van der Waals surface area contributed by atoms with Gasteiger partial charge in [-0.25, -0.2) is 9.37 Å². The van der Waals surface area contributed by atoms with Gasteiger partial charge in [0.2, 0.25) is 16.9 Å². The highest BCUT2D eigenvalue weighted by molar-refractivity contribution is 8.00. The Kier molecular flexibility index (Phi) is 5.64. The van der Waals surface area contributed by atoms with Crippen molar-refractivity contribution in [3.63, 3.8) is 0 Å². The Bertz CT molecular complexity index is 1040. The third-order valence-corrected chi connectivity index (χ3v) is 4.62. The molecule has 3 aromatic rings. The Morgan fingerprint density at radius 3 is 2.71 bits per heavy atom. The zero-order chi connectivity index (χ0) is 20.3. The summed E-state index contributed by atoms with van der Waals surface area (Å²) in [4.78, 5) is 26.4. The molecule has 0 bridgehead atoms. The largest absolute Gasteiger partial charge is 0.325 e. The Labute approximate surface area is 161 Å². The summed E-state index contributed by atoms with van der Waals surface area (Å²) in [6.07, 6.45) is 0. The number of carbonyl (C=O) groups excluding carboxylic acids is 1. The summed E-state index contributed by atoms with van der Waals surface area (Å²) in [6.45, 7) is 1.58. The molecule has 0 radical (unpaired) electrons. The SMILES string of the molecule is CC(Sc1n[nH]c(-c2ccccc2F)n1)C(=O)Nc1ccc(F)c([N+](=O)[O-])c1. The minimum absolute atomic E-state index is 0.0904. The molecule has 28 heavy (non-hydrogen) atoms. The lowest BCUT2D eigenvalue weighted by Crippen LogP contribution is -2.22. The van der Waals surface area contributed by atoms with Crippen LogP contribution in [-0.4, -0.2) is 31.3 Å². The van der Waals surface area contributed by atoms with E-state index in [2.05, 4.69) is 20.5 Å². The molecule has 0 fully saturated rings. The van der Waals surface area contributed by atoms with Crippen molar-refractivity contribution in [3.8, 4) is 11.4 Å². The normalized spacial score (nSPS) is 11.8. The van der Waals surface area contributed by atoms with Crippen LogP contribution in [-0.2, 0) is 4.79 Å². The number of nitro groups is 1. The monoisotopic (exact) mass is 405 g/mol. The lowest BCUT2D eigenvalue weighted by molar-refractivity contribution is -0.387. The van der Waals surface area contributed by atoms with E-state index in [-0.39, 0.29) is 22.2 Å². The molecule has 1 atom stereocenters. The lowest BCUT2D eigenvalue weighted by atomic mass is 10.2. The van der Waals surface area contributed by atoms with Crippen molar-refractivity contribution in [1.82, 2.24) is 15.2 Å². The fourth-order valence-electron chi connectivity index (χ4n) is 2.26. The predicted molar refractivity (Wildman–Crippen MR) is 98.8 cm³/mol. The summed E-state index contributed by atoms with van der Waals surface area (Å²) in [6, 6.07) is 9.11. The maximum atomic E-state index is 13.8. The maximum absolute atomic E-state index is 13.8. The van der Waals surface area contributed by atoms with Gasteiger partial charge in [0.15, 0.2) is 5.82 Å². The summed E-state index contributed by atoms with van der Waals surface area (Å²) < 4.78 is 27.2. The Balaban J connectivity index is 1.68. The van der Waals surface area contributed by atoms with Crippen LogP contribution in [0.4, 0.5) is 20.2 Å². The van der Waals surface area contributed by atoms with Gasteiger partial charge in [-0.2, -0.15) is 4.39 Å². The van der Waals surface area contributed by atoms with Gasteiger partial charge in [0.1, 0.15) is 5.82 Å². The van der Waals surface area contributed by atoms with E-state index < -0.39 is 33.4 Å². The summed E-state index contributed by atoms with van der Waals surface area (Å²) in [5.74, 6) is -1.71. The van der Waals surface area contributed by atoms with Gasteiger partial charge in [-0.1, -0.05) is 23.9 Å². The molecule has 1 heterocycles. The van der Waals surface area contributed by atoms with Gasteiger partial charge in [-0.05, 0) is 31.2 Å². The van der Waals surface area contributed by atoms with Crippen LogP contribution in [0.15, 0.2) is 47.6 Å². The fraction of sp³-hybridized carbons (Fsp3) is 0.118. The zero-order valence-electron chi connectivity index (χ0n) is 14.3. The van der Waals surface area contributed by atoms with E-state index in [1.807, 2.05) is 0 Å². The number of hydrogen-bond acceptors (Lipinski definition) is 6. The van der Waals surface area contributed by atoms with Crippen LogP contribution in [0.25, 0.3) is 11.4 Å². The van der Waals surface area contributed by atoms with Crippen molar-refractivity contribution >= 4 is 29.0 Å². The molecular weight excluding hydrogens is 392 g/mol. The molecular formula is C17H13F2N5O3S. The number of rotatable bonds is 6. The first-order valence-corrected chi connectivity index (χ1v) is 8.82. The van der Waals surface area contributed by atoms with Crippen LogP contribution < -0.4 is 5.32 Å². The molecule has 1 amide bonds. The van der Waals surface area contributed by atoms with Crippen LogP contribution in [0, 0.1) is 21.7 Å². The lowest BCUT2D eigenvalue weighted by Gasteiger charge is -2.10. The molecule has 0 aliphatic heterocycles. The van der Waals surface area contributed by atoms with E-state index >= 15 is 0 Å². The quantitative estimate of drug-likeness (QED) is 0.367. The highest BCUT2D eigenvalue weighted by Crippen LogP contribution is 2.26. The van der Waals surface area contributed by atoms with Crippen molar-refractivity contribution < 1.29 is 18.5 Å². The number of amides is 1. The van der Waals surface area contributed by atoms with Gasteiger partial charge in [-0.3, -0.25) is 20.0 Å². The van der Waals surface area contributed by atoms with Crippen molar-refractivity contribution in [2.45, 2.75) is 17.3 Å². The molecule has 11 heteroatoms. The van der Waals surface area contributed by atoms with Gasteiger partial charge < -0.3 is 5.32 Å². The fourth-order valence-corrected chi connectivity index (χ4v) is 2.98. The number of carbonyl (C=O) groups is 1. The number of nitrogens with zero attached hydrogens (tertiary/aromatic N) is 3. The molecule has 144 valence electrons. The van der Waals surface area contributed by atoms with Crippen LogP contribution in [0.3, 0.4) is 0 Å². The Morgan fingerprint density at radius 1 is 1.25 bits per heavy atom. The van der Waals surface area contributed by atoms with E-state index in [9.17, 15) is 23.7 Å². The third kappa shape index (κ3) is 4.31. The number of aromatic nitrogens is 3. The first-order valence-electron chi connectivity index (χ1n) is 7.94. The van der Waals surface area contributed by atoms with Gasteiger partial charge >= 0.3 is 5.69 Å². The van der Waals surface area contributed by atoms with E-state index in [1.165, 1.54) is 12.1 Å². The van der Waals surface area contributed by atoms with Gasteiger partial charge in [-0.15, -0.1) is 5.10 Å². The molecule has 1 aromatic heterocycles. The summed E-state index contributed by atoms with van der Waals surface area (Å²) in [5, 5.41) is 19.4. The molecule has 0 saturated heterocycles. The van der Waals surface area contributed by atoms with Gasteiger partial charge in [0.25, 0.3) is 0 Å². The smallest absolute Gasteiger partial charge is 0.306 e. The molecule has 0 aliphatic carbocycles. The molecule has 8 nitrogen and oxygen atoms in total. The Morgan fingerprint density at radius 2 is 2.00 bits per heavy atom. The second-order valence-corrected chi connectivity index (χ2v) is 6.93. The Hall–Kier alpha value is -3.34. The molecule has 3 rings (SSSR count). The first kappa shape index (κ1) is 19.4. The highest BCUT2D eigenvalue weighted by Gasteiger charge is 2.20. The molecule has 0 aliphatic rings. The first-order chi connectivity index (χ1) is 13.3. The highest BCUT2D eigenvalue weighted by atomic mass is 32.2. The van der Waals surface area contributed by atoms with Gasteiger partial charge in [0, 0.05) is 11.8 Å². The number of benzene rings is 2. The van der Waals surface area contributed by atoms with Crippen molar-refractivity contribution in [2.24, 2.45) is 0 Å². The molecule has 0 spiro atoms. The van der Waals surface area contributed by atoms with Crippen LogP contribution in [0.2, 0.25) is 0 Å². The average molecular weight is 405 g/mol. The number of aromatic amines is 1. The van der Waals surface area contributed by atoms with E-state index in [0.29, 0.717) is 0 Å². The number of halogens is 2. The number of nitrogens with one attached hydrogen (secondary N) is 2. The minimum Gasteiger partial charge on any atom is -0.325 e. The molecule has 1 unspecified atom stereocenters. The molecule has 2 N–H and O–H groups in total. The summed E-state index contributed by atoms with van der Waals surface area (Å²) in [7, 11) is 0. The molecule has 0 saturated carbocycles. The summed E-state index contributed by atoms with van der Waals surface area (Å²) >= 11 is 1.01. The average Bonchev–Trinajstić information content (AvgIpc) is 3.11. The summed E-state index contributed by atoms with van der Waals surface area (Å²) in [5.41, 5.74) is -0.397. The van der Waals surface area contributed by atoms with Crippen LogP contribution in [0.5, 0.6) is 0 Å². The number of H-pyrrole nitrogens is 1. The zero-order valence-corrected chi connectivity index (χ0v) is 15.2. The van der Waals surface area contributed by atoms with Crippen LogP contribution >= 0.6 is 11.8 Å². The van der Waals surface area contributed by atoms with Crippen LogP contribution in [0.1, 0.15) is 6.92 Å². The number of hydrogen-bond donors (Lipinski definition) is 2. The maximum Gasteiger partial charge on any atom is 0.306 e. The topological polar surface area (TPSA) is 114 Å². The van der Waals surface area contributed by atoms with E-state index in [0.717, 1.165) is 23.9 Å². The second kappa shape index (κ2) is 8.13. The number of nitro benzene ring substituents is 1. The molecule has 2 aromatic carbocycles. The van der Waals surface area contributed by atoms with Crippen molar-refractivity contribution in [2.75, 3.05) is 5.32 Å². The predicted octanol–water partition coefficient (Wildman–Crippen LogP) is 3.78. The van der Waals surface area contributed by atoms with E-state index in [4.69, 9.17) is 0 Å². The number of thioether (sulfide) groups is 1. The van der Waals surface area contributed by atoms with Crippen molar-refractivity contribution in [3.05, 3.63) is 64.2 Å².